The van der Waals surface area contributed by atoms with Gasteiger partial charge < -0.3 is 5.32 Å². The number of hydrogen-bond acceptors (Lipinski definition) is 2. The van der Waals surface area contributed by atoms with Gasteiger partial charge in [-0.3, -0.25) is 9.89 Å². The minimum Gasteiger partial charge on any atom is -0.344 e. The number of benzene rings is 1. The van der Waals surface area contributed by atoms with Crippen LogP contribution >= 0.6 is 11.6 Å². The molecule has 0 saturated carbocycles. The van der Waals surface area contributed by atoms with Gasteiger partial charge in [-0.05, 0) is 43.0 Å². The van der Waals surface area contributed by atoms with Crippen LogP contribution in [0.3, 0.4) is 0 Å². The Balaban J connectivity index is 2.02. The predicted octanol–water partition coefficient (Wildman–Crippen LogP) is 3.75. The van der Waals surface area contributed by atoms with Crippen molar-refractivity contribution < 1.29 is 4.79 Å². The van der Waals surface area contributed by atoms with Crippen molar-refractivity contribution in [3.63, 3.8) is 0 Å². The molecule has 1 unspecified atom stereocenters. The van der Waals surface area contributed by atoms with Gasteiger partial charge in [0.25, 0.3) is 5.91 Å². The van der Waals surface area contributed by atoms with Gasteiger partial charge in [0.05, 0.1) is 6.04 Å². The van der Waals surface area contributed by atoms with E-state index in [1.807, 2.05) is 31.2 Å². The fraction of sp³-hybridized carbons (Fsp3) is 0.375. The summed E-state index contributed by atoms with van der Waals surface area (Å²) in [5, 5.41) is 10.6. The van der Waals surface area contributed by atoms with Crippen LogP contribution in [0.15, 0.2) is 30.3 Å². The monoisotopic (exact) mass is 305 g/mol. The zero-order valence-corrected chi connectivity index (χ0v) is 13.2. The number of H-pyrrole nitrogens is 1. The Kier molecular flexibility index (Phi) is 5.02. The fourth-order valence-electron chi connectivity index (χ4n) is 2.15. The summed E-state index contributed by atoms with van der Waals surface area (Å²) in [5.41, 5.74) is 2.36. The lowest BCUT2D eigenvalue weighted by Gasteiger charge is -2.13. The van der Waals surface area contributed by atoms with Crippen LogP contribution in [0.1, 0.15) is 48.6 Å². The van der Waals surface area contributed by atoms with Gasteiger partial charge in [-0.15, -0.1) is 0 Å². The zero-order chi connectivity index (χ0) is 15.4. The van der Waals surface area contributed by atoms with Crippen LogP contribution in [0.2, 0.25) is 5.02 Å². The Bertz CT molecular complexity index is 621. The van der Waals surface area contributed by atoms with Gasteiger partial charge >= 0.3 is 0 Å². The number of aromatic amines is 1. The van der Waals surface area contributed by atoms with Crippen molar-refractivity contribution in [1.82, 2.24) is 15.5 Å². The molecular weight excluding hydrogens is 286 g/mol. The molecule has 1 aromatic heterocycles. The summed E-state index contributed by atoms with van der Waals surface area (Å²) >= 11 is 5.96. The molecular formula is C16H20ClN3O. The maximum absolute atomic E-state index is 12.2. The van der Waals surface area contributed by atoms with Crippen molar-refractivity contribution in [3.05, 3.63) is 52.3 Å². The molecule has 0 saturated heterocycles. The highest BCUT2D eigenvalue weighted by Crippen LogP contribution is 2.17. The topological polar surface area (TPSA) is 57.8 Å². The van der Waals surface area contributed by atoms with Crippen LogP contribution in [0.25, 0.3) is 0 Å². The average Bonchev–Trinajstić information content (AvgIpc) is 2.86. The molecule has 0 spiro atoms. The van der Waals surface area contributed by atoms with Crippen molar-refractivity contribution in [2.24, 2.45) is 5.92 Å². The first kappa shape index (κ1) is 15.6. The Morgan fingerprint density at radius 1 is 1.33 bits per heavy atom. The van der Waals surface area contributed by atoms with Crippen LogP contribution in [0.5, 0.6) is 0 Å². The first-order valence-electron chi connectivity index (χ1n) is 7.06. The van der Waals surface area contributed by atoms with Gasteiger partial charge in [0.1, 0.15) is 5.69 Å². The molecule has 0 fully saturated rings. The highest BCUT2D eigenvalue weighted by Gasteiger charge is 2.15. The normalized spacial score (nSPS) is 12.4. The molecule has 5 heteroatoms. The largest absolute Gasteiger partial charge is 0.344 e. The van der Waals surface area contributed by atoms with E-state index in [1.165, 1.54) is 0 Å². The van der Waals surface area contributed by atoms with E-state index in [9.17, 15) is 4.79 Å². The van der Waals surface area contributed by atoms with E-state index in [2.05, 4.69) is 29.4 Å². The molecule has 0 radical (unpaired) electrons. The Morgan fingerprint density at radius 3 is 2.76 bits per heavy atom. The molecule has 112 valence electrons. The molecule has 21 heavy (non-hydrogen) atoms. The van der Waals surface area contributed by atoms with Crippen LogP contribution in [-0.2, 0) is 6.42 Å². The van der Waals surface area contributed by atoms with E-state index in [0.29, 0.717) is 16.6 Å². The van der Waals surface area contributed by atoms with E-state index in [1.54, 1.807) is 6.07 Å². The Morgan fingerprint density at radius 2 is 2.10 bits per heavy atom. The summed E-state index contributed by atoms with van der Waals surface area (Å²) in [7, 11) is 0. The van der Waals surface area contributed by atoms with Crippen molar-refractivity contribution in [2.75, 3.05) is 0 Å². The summed E-state index contributed by atoms with van der Waals surface area (Å²) in [5.74, 6) is 0.334. The molecule has 2 N–H and O–H groups in total. The lowest BCUT2D eigenvalue weighted by Crippen LogP contribution is -2.26. The molecule has 1 aromatic carbocycles. The number of halogens is 1. The number of aromatic nitrogens is 2. The second-order valence-corrected chi connectivity index (χ2v) is 6.06. The van der Waals surface area contributed by atoms with Gasteiger partial charge in [-0.2, -0.15) is 5.10 Å². The molecule has 0 aliphatic carbocycles. The standard InChI is InChI=1S/C16H20ClN3O/c1-10(2)7-14-9-15(20-19-14)16(21)18-11(3)12-5-4-6-13(17)8-12/h4-6,8-11H,7H2,1-3H3,(H,18,21)(H,19,20). The minimum absolute atomic E-state index is 0.124. The van der Waals surface area contributed by atoms with Crippen LogP contribution < -0.4 is 5.32 Å². The molecule has 2 rings (SSSR count). The van der Waals surface area contributed by atoms with Gasteiger partial charge in [-0.1, -0.05) is 37.6 Å². The molecule has 0 aliphatic heterocycles. The fourth-order valence-corrected chi connectivity index (χ4v) is 2.35. The number of amides is 1. The smallest absolute Gasteiger partial charge is 0.272 e. The number of nitrogens with zero attached hydrogens (tertiary/aromatic N) is 1. The van der Waals surface area contributed by atoms with Crippen molar-refractivity contribution in [2.45, 2.75) is 33.2 Å². The summed E-state index contributed by atoms with van der Waals surface area (Å²) in [4.78, 5) is 12.2. The Hall–Kier alpha value is -1.81. The molecule has 2 aromatic rings. The summed E-state index contributed by atoms with van der Waals surface area (Å²) < 4.78 is 0. The zero-order valence-electron chi connectivity index (χ0n) is 12.5. The van der Waals surface area contributed by atoms with Gasteiger partial charge in [0.15, 0.2) is 0 Å². The maximum atomic E-state index is 12.2. The molecule has 1 heterocycles. The van der Waals surface area contributed by atoms with E-state index >= 15 is 0 Å². The van der Waals surface area contributed by atoms with Crippen LogP contribution in [-0.4, -0.2) is 16.1 Å². The van der Waals surface area contributed by atoms with Crippen LogP contribution in [0.4, 0.5) is 0 Å². The quantitative estimate of drug-likeness (QED) is 0.884. The van der Waals surface area contributed by atoms with Gasteiger partial charge in [0.2, 0.25) is 0 Å². The number of carbonyl (C=O) groups is 1. The first-order chi connectivity index (χ1) is 9.95. The molecule has 1 atom stereocenters. The minimum atomic E-state index is -0.186. The van der Waals surface area contributed by atoms with Crippen molar-refractivity contribution in [1.29, 1.82) is 0 Å². The number of nitrogens with one attached hydrogen (secondary N) is 2. The highest BCUT2D eigenvalue weighted by atomic mass is 35.5. The molecule has 1 amide bonds. The summed E-state index contributed by atoms with van der Waals surface area (Å²) in [6.07, 6.45) is 0.879. The third-order valence-corrected chi connectivity index (χ3v) is 3.42. The maximum Gasteiger partial charge on any atom is 0.272 e. The molecule has 0 bridgehead atoms. The predicted molar refractivity (Wildman–Crippen MR) is 84.5 cm³/mol. The van der Waals surface area contributed by atoms with Crippen molar-refractivity contribution in [3.8, 4) is 0 Å². The summed E-state index contributed by atoms with van der Waals surface area (Å²) in [6, 6.07) is 9.15. The summed E-state index contributed by atoms with van der Waals surface area (Å²) in [6.45, 7) is 6.18. The van der Waals surface area contributed by atoms with Crippen molar-refractivity contribution >= 4 is 17.5 Å². The van der Waals surface area contributed by atoms with E-state index in [0.717, 1.165) is 17.7 Å². The lowest BCUT2D eigenvalue weighted by molar-refractivity contribution is 0.0935. The van der Waals surface area contributed by atoms with Gasteiger partial charge in [0, 0.05) is 10.7 Å². The number of hydrogen-bond donors (Lipinski definition) is 2. The lowest BCUT2D eigenvalue weighted by atomic mass is 10.1. The number of carbonyl (C=O) groups excluding carboxylic acids is 1. The third kappa shape index (κ3) is 4.33. The second-order valence-electron chi connectivity index (χ2n) is 5.63. The molecule has 0 aliphatic rings. The van der Waals surface area contributed by atoms with E-state index in [-0.39, 0.29) is 11.9 Å². The average molecular weight is 306 g/mol. The van der Waals surface area contributed by atoms with E-state index in [4.69, 9.17) is 11.6 Å². The highest BCUT2D eigenvalue weighted by molar-refractivity contribution is 6.30. The first-order valence-corrected chi connectivity index (χ1v) is 7.44. The SMILES string of the molecule is CC(C)Cc1cc(C(=O)NC(C)c2cccc(Cl)c2)n[nH]1. The number of rotatable bonds is 5. The Labute approximate surface area is 129 Å². The molecule has 4 nitrogen and oxygen atoms in total. The third-order valence-electron chi connectivity index (χ3n) is 3.19. The second kappa shape index (κ2) is 6.76. The van der Waals surface area contributed by atoms with Crippen LogP contribution in [0, 0.1) is 5.92 Å². The van der Waals surface area contributed by atoms with E-state index < -0.39 is 0 Å². The van der Waals surface area contributed by atoms with Gasteiger partial charge in [-0.25, -0.2) is 0 Å².